The van der Waals surface area contributed by atoms with Gasteiger partial charge in [0, 0.05) is 37.3 Å². The molecule has 0 unspecified atom stereocenters. The number of carbonyl (C=O) groups excluding carboxylic acids is 2. The van der Waals surface area contributed by atoms with Crippen LogP contribution < -0.4 is 16.0 Å². The molecule has 0 aromatic heterocycles. The van der Waals surface area contributed by atoms with E-state index in [2.05, 4.69) is 16.0 Å². The standard InChI is InChI=1S/C18H17F3N4O4/c1-11(26)24-14-5-2-12(3-6-14)17(27)23-9-8-22-15-7-4-13(18(19,20)21)10-16(15)25(28)29/h2-7,10,22H,8-9H2,1H3,(H,23,27)(H,24,26). The van der Waals surface area contributed by atoms with Gasteiger partial charge in [0.05, 0.1) is 10.5 Å². The van der Waals surface area contributed by atoms with E-state index >= 15 is 0 Å². The lowest BCUT2D eigenvalue weighted by molar-refractivity contribution is -0.384. The normalized spacial score (nSPS) is 10.9. The maximum absolute atomic E-state index is 12.7. The van der Waals surface area contributed by atoms with Crippen molar-refractivity contribution in [3.63, 3.8) is 0 Å². The Kier molecular flexibility index (Phi) is 6.75. The van der Waals surface area contributed by atoms with Gasteiger partial charge in [-0.1, -0.05) is 0 Å². The van der Waals surface area contributed by atoms with Crippen LogP contribution in [0.3, 0.4) is 0 Å². The first-order valence-electron chi connectivity index (χ1n) is 8.33. The Morgan fingerprint density at radius 1 is 1.07 bits per heavy atom. The molecule has 0 spiro atoms. The van der Waals surface area contributed by atoms with Gasteiger partial charge < -0.3 is 16.0 Å². The van der Waals surface area contributed by atoms with E-state index in [9.17, 15) is 32.9 Å². The topological polar surface area (TPSA) is 113 Å². The molecule has 0 bridgehead atoms. The van der Waals surface area contributed by atoms with E-state index in [1.165, 1.54) is 19.1 Å². The van der Waals surface area contributed by atoms with Crippen LogP contribution in [0.15, 0.2) is 42.5 Å². The minimum atomic E-state index is -4.69. The van der Waals surface area contributed by atoms with E-state index in [-0.39, 0.29) is 24.7 Å². The number of hydrogen-bond acceptors (Lipinski definition) is 5. The monoisotopic (exact) mass is 410 g/mol. The number of amides is 2. The highest BCUT2D eigenvalue weighted by Crippen LogP contribution is 2.34. The summed E-state index contributed by atoms with van der Waals surface area (Å²) in [6.07, 6.45) is -4.69. The summed E-state index contributed by atoms with van der Waals surface area (Å²) in [5.74, 6) is -0.659. The molecule has 3 N–H and O–H groups in total. The number of nitro benzene ring substituents is 1. The number of benzene rings is 2. The van der Waals surface area contributed by atoms with Crippen LogP contribution in [-0.2, 0) is 11.0 Å². The van der Waals surface area contributed by atoms with Crippen molar-refractivity contribution in [2.75, 3.05) is 23.7 Å². The van der Waals surface area contributed by atoms with Crippen molar-refractivity contribution < 1.29 is 27.7 Å². The van der Waals surface area contributed by atoms with E-state index in [0.29, 0.717) is 17.3 Å². The van der Waals surface area contributed by atoms with Gasteiger partial charge >= 0.3 is 6.18 Å². The lowest BCUT2D eigenvalue weighted by Gasteiger charge is -2.11. The van der Waals surface area contributed by atoms with Gasteiger partial charge in [-0.05, 0) is 36.4 Å². The highest BCUT2D eigenvalue weighted by atomic mass is 19.4. The number of anilines is 2. The number of nitrogens with zero attached hydrogens (tertiary/aromatic N) is 1. The number of carbonyl (C=O) groups is 2. The third kappa shape index (κ3) is 6.19. The summed E-state index contributed by atoms with van der Waals surface area (Å²) in [5, 5.41) is 18.8. The Hall–Kier alpha value is -3.63. The minimum absolute atomic E-state index is 0.0575. The third-order valence-electron chi connectivity index (χ3n) is 3.72. The van der Waals surface area contributed by atoms with Crippen molar-refractivity contribution in [2.45, 2.75) is 13.1 Å². The van der Waals surface area contributed by atoms with Crippen LogP contribution in [0.2, 0.25) is 0 Å². The summed E-state index contributed by atoms with van der Waals surface area (Å²) in [5.41, 5.74) is -1.05. The molecule has 154 valence electrons. The molecule has 2 amide bonds. The van der Waals surface area contributed by atoms with Crippen LogP contribution >= 0.6 is 0 Å². The number of nitrogens with one attached hydrogen (secondary N) is 3. The first-order chi connectivity index (χ1) is 13.6. The summed E-state index contributed by atoms with van der Waals surface area (Å²) < 4.78 is 38.1. The Morgan fingerprint density at radius 2 is 1.72 bits per heavy atom. The largest absolute Gasteiger partial charge is 0.416 e. The van der Waals surface area contributed by atoms with E-state index in [4.69, 9.17) is 0 Å². The Morgan fingerprint density at radius 3 is 2.28 bits per heavy atom. The minimum Gasteiger partial charge on any atom is -0.378 e. The maximum atomic E-state index is 12.7. The molecule has 0 radical (unpaired) electrons. The number of rotatable bonds is 7. The zero-order chi connectivity index (χ0) is 21.6. The average molecular weight is 410 g/mol. The number of halogens is 3. The lowest BCUT2D eigenvalue weighted by Crippen LogP contribution is -2.28. The van der Waals surface area contributed by atoms with Crippen molar-refractivity contribution in [1.29, 1.82) is 0 Å². The molecule has 0 heterocycles. The number of nitro groups is 1. The van der Waals surface area contributed by atoms with Gasteiger partial charge in [-0.3, -0.25) is 19.7 Å². The van der Waals surface area contributed by atoms with Crippen molar-refractivity contribution in [2.24, 2.45) is 0 Å². The molecule has 0 aliphatic carbocycles. The predicted molar refractivity (Wildman–Crippen MR) is 99.7 cm³/mol. The second kappa shape index (κ2) is 9.04. The third-order valence-corrected chi connectivity index (χ3v) is 3.72. The molecule has 29 heavy (non-hydrogen) atoms. The fourth-order valence-corrected chi connectivity index (χ4v) is 2.39. The van der Waals surface area contributed by atoms with E-state index in [0.717, 1.165) is 12.1 Å². The van der Waals surface area contributed by atoms with Crippen LogP contribution in [0.1, 0.15) is 22.8 Å². The molecule has 11 heteroatoms. The second-order valence-electron chi connectivity index (χ2n) is 5.93. The molecule has 2 aromatic rings. The van der Waals surface area contributed by atoms with Crippen LogP contribution in [0.25, 0.3) is 0 Å². The summed E-state index contributed by atoms with van der Waals surface area (Å²) >= 11 is 0. The summed E-state index contributed by atoms with van der Waals surface area (Å²) in [4.78, 5) is 33.1. The Balaban J connectivity index is 1.92. The van der Waals surface area contributed by atoms with Gasteiger partial charge in [0.2, 0.25) is 5.91 Å². The highest BCUT2D eigenvalue weighted by molar-refractivity contribution is 5.95. The van der Waals surface area contributed by atoms with Gasteiger partial charge in [0.25, 0.3) is 11.6 Å². The summed E-state index contributed by atoms with van der Waals surface area (Å²) in [6, 6.07) is 8.30. The SMILES string of the molecule is CC(=O)Nc1ccc(C(=O)NCCNc2ccc(C(F)(F)F)cc2[N+](=O)[O-])cc1. The van der Waals surface area contributed by atoms with E-state index in [1.807, 2.05) is 0 Å². The Labute approximate surface area is 163 Å². The Bertz CT molecular complexity index is 914. The van der Waals surface area contributed by atoms with Gasteiger partial charge in [0.15, 0.2) is 0 Å². The molecule has 8 nitrogen and oxygen atoms in total. The molecule has 0 atom stereocenters. The first-order valence-corrected chi connectivity index (χ1v) is 8.33. The van der Waals surface area contributed by atoms with Crippen LogP contribution in [0.5, 0.6) is 0 Å². The van der Waals surface area contributed by atoms with Crippen molar-refractivity contribution in [3.05, 3.63) is 63.7 Å². The van der Waals surface area contributed by atoms with Crippen molar-refractivity contribution >= 4 is 28.9 Å². The maximum Gasteiger partial charge on any atom is 0.416 e. The van der Waals surface area contributed by atoms with Crippen molar-refractivity contribution in [1.82, 2.24) is 5.32 Å². The average Bonchev–Trinajstić information content (AvgIpc) is 2.64. The molecule has 0 aliphatic rings. The van der Waals surface area contributed by atoms with Gasteiger partial charge in [-0.2, -0.15) is 13.2 Å². The lowest BCUT2D eigenvalue weighted by atomic mass is 10.1. The number of alkyl halides is 3. The molecule has 0 aliphatic heterocycles. The van der Waals surface area contributed by atoms with Gasteiger partial charge in [-0.25, -0.2) is 0 Å². The molecular weight excluding hydrogens is 393 g/mol. The fraction of sp³-hybridized carbons (Fsp3) is 0.222. The van der Waals surface area contributed by atoms with E-state index in [1.54, 1.807) is 12.1 Å². The molecule has 2 rings (SSSR count). The van der Waals surface area contributed by atoms with Crippen LogP contribution in [0, 0.1) is 10.1 Å². The quantitative estimate of drug-likeness (QED) is 0.368. The van der Waals surface area contributed by atoms with Crippen molar-refractivity contribution in [3.8, 4) is 0 Å². The van der Waals surface area contributed by atoms with Gasteiger partial charge in [-0.15, -0.1) is 0 Å². The van der Waals surface area contributed by atoms with E-state index < -0.39 is 28.3 Å². The molecular formula is C18H17F3N4O4. The zero-order valence-electron chi connectivity index (χ0n) is 15.2. The van der Waals surface area contributed by atoms with Gasteiger partial charge in [0.1, 0.15) is 5.69 Å². The molecule has 0 saturated heterocycles. The molecule has 2 aromatic carbocycles. The highest BCUT2D eigenvalue weighted by Gasteiger charge is 2.32. The summed E-state index contributed by atoms with van der Waals surface area (Å²) in [7, 11) is 0. The predicted octanol–water partition coefficient (Wildman–Crippen LogP) is 3.41. The second-order valence-corrected chi connectivity index (χ2v) is 5.93. The fourth-order valence-electron chi connectivity index (χ4n) is 2.39. The molecule has 0 saturated carbocycles. The van der Waals surface area contributed by atoms with Crippen LogP contribution in [0.4, 0.5) is 30.2 Å². The summed E-state index contributed by atoms with van der Waals surface area (Å²) in [6.45, 7) is 1.49. The zero-order valence-corrected chi connectivity index (χ0v) is 15.2. The smallest absolute Gasteiger partial charge is 0.378 e. The molecule has 0 fully saturated rings. The first kappa shape index (κ1) is 21.7. The number of hydrogen-bond donors (Lipinski definition) is 3. The van der Waals surface area contributed by atoms with Crippen LogP contribution in [-0.4, -0.2) is 29.8 Å².